The summed E-state index contributed by atoms with van der Waals surface area (Å²) in [6.07, 6.45) is 2.19. The minimum atomic E-state index is -0.826. The van der Waals surface area contributed by atoms with Crippen LogP contribution in [0.3, 0.4) is 0 Å². The summed E-state index contributed by atoms with van der Waals surface area (Å²) in [7, 11) is 11.0. The zero-order chi connectivity index (χ0) is 35.4. The molecule has 0 aliphatic rings. The normalized spacial score (nSPS) is 10.6. The van der Waals surface area contributed by atoms with Crippen LogP contribution in [0.15, 0.2) is 97.1 Å². The second-order valence-corrected chi connectivity index (χ2v) is 17.7. The molecule has 0 aliphatic heterocycles. The number of rotatable bonds is 6. The molecule has 6 rings (SSSR count). The van der Waals surface area contributed by atoms with Gasteiger partial charge < -0.3 is 0 Å². The molecule has 6 aromatic carbocycles. The molecule has 0 amide bonds. The van der Waals surface area contributed by atoms with Crippen LogP contribution in [0.4, 0.5) is 0 Å². The molecule has 2 radical (unpaired) electrons. The van der Waals surface area contributed by atoms with Crippen LogP contribution in [0, 0.1) is 13.8 Å². The van der Waals surface area contributed by atoms with Gasteiger partial charge in [-0.05, 0) is 60.8 Å². The van der Waals surface area contributed by atoms with Crippen molar-refractivity contribution in [3.05, 3.63) is 130 Å². The third kappa shape index (κ3) is 9.94. The van der Waals surface area contributed by atoms with E-state index in [1.807, 2.05) is 0 Å². The molecule has 0 nitrogen and oxygen atoms in total. The van der Waals surface area contributed by atoms with E-state index in [9.17, 15) is 0 Å². The summed E-state index contributed by atoms with van der Waals surface area (Å²) in [6, 6.07) is 36.1. The standard InChI is InChI=1S/2C21H23.C2H6Si.2ClH.Zr/c2*1-5-16-12-17-11-10-15(4)21(20(17)13-16)19-9-7-6-8-18(19)14(2)3;1-3-2;;;/h2*6-14H,5H2,1-4H3;1-2H3;2*1H;/q2*-1;;;;+4/p-2. The molecule has 0 bridgehead atoms. The first kappa shape index (κ1) is 40.2. The van der Waals surface area contributed by atoms with E-state index in [2.05, 4.69) is 166 Å². The van der Waals surface area contributed by atoms with Crippen LogP contribution >= 0.6 is 17.0 Å². The fraction of sp³-hybridized carbons (Fsp3) is 0.318. The Balaban J connectivity index is 0.000000224. The second-order valence-electron chi connectivity index (χ2n) is 13.0. The van der Waals surface area contributed by atoms with Gasteiger partial charge in [0.2, 0.25) is 0 Å². The van der Waals surface area contributed by atoms with Gasteiger partial charge in [0.05, 0.1) is 0 Å². The zero-order valence-corrected chi connectivity index (χ0v) is 35.5. The first-order chi connectivity index (χ1) is 23.1. The van der Waals surface area contributed by atoms with E-state index in [1.54, 1.807) is 0 Å². The summed E-state index contributed by atoms with van der Waals surface area (Å²) in [4.78, 5) is 0. The molecular weight excluding hydrogens is 719 g/mol. The number of benzene rings is 4. The Kier molecular flexibility index (Phi) is 16.6. The zero-order valence-electron chi connectivity index (χ0n) is 30.6. The molecule has 48 heavy (non-hydrogen) atoms. The van der Waals surface area contributed by atoms with E-state index in [0.717, 1.165) is 22.4 Å². The molecule has 4 heteroatoms. The van der Waals surface area contributed by atoms with Crippen molar-refractivity contribution in [2.45, 2.75) is 93.2 Å². The predicted octanol–water partition coefficient (Wildman–Crippen LogP) is 14.6. The van der Waals surface area contributed by atoms with Gasteiger partial charge in [0.25, 0.3) is 0 Å². The van der Waals surface area contributed by atoms with Crippen LogP contribution in [-0.2, 0) is 33.7 Å². The Morgan fingerprint density at radius 2 is 0.938 bits per heavy atom. The molecule has 0 heterocycles. The number of aryl methyl sites for hydroxylation is 4. The van der Waals surface area contributed by atoms with Crippen LogP contribution in [0.5, 0.6) is 0 Å². The average molecular weight is 771 g/mol. The average Bonchev–Trinajstić information content (AvgIpc) is 3.70. The van der Waals surface area contributed by atoms with Gasteiger partial charge in [-0.15, -0.1) is 69.1 Å². The molecule has 0 fully saturated rings. The Hall–Kier alpha value is -2.22. The summed E-state index contributed by atoms with van der Waals surface area (Å²) < 4.78 is 0. The van der Waals surface area contributed by atoms with Crippen molar-refractivity contribution in [1.29, 1.82) is 0 Å². The molecule has 0 aromatic heterocycles. The van der Waals surface area contributed by atoms with Crippen LogP contribution in [-0.4, -0.2) is 9.52 Å². The summed E-state index contributed by atoms with van der Waals surface area (Å²) >= 11 is -0.826. The van der Waals surface area contributed by atoms with Gasteiger partial charge in [0, 0.05) is 9.52 Å². The van der Waals surface area contributed by atoms with E-state index in [4.69, 9.17) is 17.0 Å². The first-order valence-electron chi connectivity index (χ1n) is 17.2. The predicted molar refractivity (Wildman–Crippen MR) is 216 cm³/mol. The molecule has 0 saturated carbocycles. The van der Waals surface area contributed by atoms with Crippen molar-refractivity contribution >= 4 is 48.1 Å². The quantitative estimate of drug-likeness (QED) is 0.117. The molecule has 0 N–H and O–H groups in total. The number of hydrogen-bond acceptors (Lipinski definition) is 0. The molecule has 0 saturated heterocycles. The molecule has 6 aromatic rings. The van der Waals surface area contributed by atoms with Crippen LogP contribution < -0.4 is 0 Å². The van der Waals surface area contributed by atoms with Crippen LogP contribution in [0.25, 0.3) is 43.8 Å². The summed E-state index contributed by atoms with van der Waals surface area (Å²) in [5, 5.41) is 5.54. The second kappa shape index (κ2) is 19.8. The third-order valence-electron chi connectivity index (χ3n) is 8.84. The Morgan fingerprint density at radius 3 is 1.25 bits per heavy atom. The van der Waals surface area contributed by atoms with Crippen molar-refractivity contribution in [3.63, 3.8) is 0 Å². The SMILES string of the molecule is CCc1cc2c(-c3ccccc3C(C)C)c(C)ccc2[cH-]1.CCc1cc2c(-c3ccccc3C(C)C)c(C)ccc2[cH-]1.C[Si]C.[Cl][Zr+2][Cl]. The summed E-state index contributed by atoms with van der Waals surface area (Å²) in [6.45, 7) is 22.3. The molecule has 0 aliphatic carbocycles. The fourth-order valence-electron chi connectivity index (χ4n) is 6.49. The molecular formula is C44H52Cl2SiZr. The van der Waals surface area contributed by atoms with E-state index in [0.29, 0.717) is 11.8 Å². The van der Waals surface area contributed by atoms with Crippen LogP contribution in [0.2, 0.25) is 13.1 Å². The number of hydrogen-bond donors (Lipinski definition) is 0. The van der Waals surface area contributed by atoms with Gasteiger partial charge in [-0.25, -0.2) is 0 Å². The van der Waals surface area contributed by atoms with Crippen molar-refractivity contribution in [2.24, 2.45) is 0 Å². The monoisotopic (exact) mass is 768 g/mol. The number of halogens is 2. The van der Waals surface area contributed by atoms with Gasteiger partial charge in [0.15, 0.2) is 0 Å². The molecule has 250 valence electrons. The van der Waals surface area contributed by atoms with E-state index in [1.165, 1.54) is 77.2 Å². The van der Waals surface area contributed by atoms with Gasteiger partial charge in [0.1, 0.15) is 0 Å². The third-order valence-corrected chi connectivity index (χ3v) is 8.84. The van der Waals surface area contributed by atoms with Crippen molar-refractivity contribution in [2.75, 3.05) is 0 Å². The number of fused-ring (bicyclic) bond motifs is 2. The molecule has 0 spiro atoms. The maximum absolute atomic E-state index is 4.93. The van der Waals surface area contributed by atoms with Gasteiger partial charge in [-0.3, -0.25) is 0 Å². The van der Waals surface area contributed by atoms with Crippen molar-refractivity contribution in [3.8, 4) is 22.3 Å². The topological polar surface area (TPSA) is 0 Å². The van der Waals surface area contributed by atoms with Crippen molar-refractivity contribution < 1.29 is 20.8 Å². The molecule has 0 atom stereocenters. The first-order valence-corrected chi connectivity index (χ1v) is 25.5. The van der Waals surface area contributed by atoms with E-state index < -0.39 is 20.8 Å². The van der Waals surface area contributed by atoms with Crippen molar-refractivity contribution in [1.82, 2.24) is 0 Å². The van der Waals surface area contributed by atoms with E-state index >= 15 is 0 Å². The maximum atomic E-state index is 4.93. The summed E-state index contributed by atoms with van der Waals surface area (Å²) in [5.41, 5.74) is 14.1. The van der Waals surface area contributed by atoms with Gasteiger partial charge in [-0.1, -0.05) is 125 Å². The Bertz CT molecular complexity index is 1740. The van der Waals surface area contributed by atoms with Crippen LogP contribution in [0.1, 0.15) is 86.8 Å². The Labute approximate surface area is 312 Å². The van der Waals surface area contributed by atoms with Gasteiger partial charge >= 0.3 is 37.9 Å². The summed E-state index contributed by atoms with van der Waals surface area (Å²) in [5.74, 6) is 1.08. The Morgan fingerprint density at radius 1 is 0.604 bits per heavy atom. The molecule has 0 unspecified atom stereocenters. The van der Waals surface area contributed by atoms with Gasteiger partial charge in [-0.2, -0.15) is 12.1 Å². The van der Waals surface area contributed by atoms with E-state index in [-0.39, 0.29) is 0 Å². The fourth-order valence-corrected chi connectivity index (χ4v) is 6.49. The minimum absolute atomic E-state index is 0.538.